The smallest absolute Gasteiger partial charge is 0.271 e. The summed E-state index contributed by atoms with van der Waals surface area (Å²) in [5.74, 6) is 5.28. The van der Waals surface area contributed by atoms with Crippen molar-refractivity contribution in [3.05, 3.63) is 131 Å². The van der Waals surface area contributed by atoms with E-state index in [-0.39, 0.29) is 42.6 Å². The van der Waals surface area contributed by atoms with Crippen LogP contribution in [0, 0.1) is 0 Å². The molecule has 94 heavy (non-hydrogen) atoms. The van der Waals surface area contributed by atoms with Crippen LogP contribution >= 0.6 is 0 Å². The van der Waals surface area contributed by atoms with Gasteiger partial charge in [-0.05, 0) is 151 Å². The third-order valence-corrected chi connectivity index (χ3v) is 15.6. The molecule has 0 unspecified atom stereocenters. The number of unbranched alkanes of at least 4 members (excludes halogenated alkanes) is 9. The molecule has 0 aliphatic rings. The summed E-state index contributed by atoms with van der Waals surface area (Å²) in [6.07, 6.45) is 18.1. The average molecular weight is 1290 g/mol. The maximum atomic E-state index is 15.0. The SMILES string of the molecule is CCCCOc1cc(COc2cc(C(=O)N/N=C/c3c4ccccc4cc4ccccc34)cc(OCc3cc(OCCCC)c(OCCCC)c(OCCCC)c3)c2OCc2cc(OCCCC)c(OCCCC)c(OCCCC)c2)cc(OCCCC)c1OCCCC. The van der Waals surface area contributed by atoms with E-state index < -0.39 is 5.91 Å². The first-order chi connectivity index (χ1) is 46.2. The summed E-state index contributed by atoms with van der Waals surface area (Å²) in [6.45, 7) is 23.7. The molecule has 0 heterocycles. The van der Waals surface area contributed by atoms with Gasteiger partial charge < -0.3 is 56.8 Å². The van der Waals surface area contributed by atoms with E-state index in [0.29, 0.717) is 111 Å². The Morgan fingerprint density at radius 2 is 0.596 bits per heavy atom. The minimum absolute atomic E-state index is 0.00172. The van der Waals surface area contributed by atoms with Gasteiger partial charge in [0.05, 0.1) is 65.7 Å². The first-order valence-corrected chi connectivity index (χ1v) is 35.2. The van der Waals surface area contributed by atoms with Crippen LogP contribution < -0.4 is 62.3 Å². The zero-order valence-electron chi connectivity index (χ0n) is 57.9. The molecule has 0 saturated carbocycles. The first kappa shape index (κ1) is 73.2. The molecule has 0 spiro atoms. The molecule has 15 nitrogen and oxygen atoms in total. The standard InChI is InChI=1S/C79H106N2O13/c1-10-19-36-83-67-45-58(46-68(84-37-20-11-2)75(67)89-42-25-16-7)55-92-73-52-63(79(82)81-80-54-66-64-34-30-28-32-61(64)51-62-33-29-31-35-65(62)66)53-74(93-56-59-47-69(85-38-21-12-3)76(90-43-26-17-8)70(48-59)86-39-22-13-4)78(73)94-57-60-49-71(87-40-23-14-5)77(91-44-27-18-9)72(50-60)88-41-24-15-6/h28-35,45-54H,10-27,36-44,55-57H2,1-9H3,(H,81,82)/b80-54+. The van der Waals surface area contributed by atoms with Gasteiger partial charge in [0.15, 0.2) is 46.0 Å². The molecule has 0 radical (unpaired) electrons. The van der Waals surface area contributed by atoms with Crippen molar-refractivity contribution in [3.63, 3.8) is 0 Å². The molecule has 15 heteroatoms. The van der Waals surface area contributed by atoms with Crippen LogP contribution in [0.25, 0.3) is 21.5 Å². The first-order valence-electron chi connectivity index (χ1n) is 35.2. The van der Waals surface area contributed by atoms with Crippen LogP contribution in [0.15, 0.2) is 108 Å². The summed E-state index contributed by atoms with van der Waals surface area (Å²) >= 11 is 0. The van der Waals surface area contributed by atoms with Crippen LogP contribution in [-0.4, -0.2) is 71.6 Å². The van der Waals surface area contributed by atoms with Gasteiger partial charge in [-0.25, -0.2) is 5.43 Å². The molecular weight excluding hydrogens is 1180 g/mol. The van der Waals surface area contributed by atoms with Crippen molar-refractivity contribution < 1.29 is 61.6 Å². The van der Waals surface area contributed by atoms with E-state index in [0.717, 1.165) is 159 Å². The van der Waals surface area contributed by atoms with E-state index in [1.807, 2.05) is 60.7 Å². The van der Waals surface area contributed by atoms with Crippen LogP contribution in [0.5, 0.6) is 69.0 Å². The number of hydrogen-bond acceptors (Lipinski definition) is 14. The summed E-state index contributed by atoms with van der Waals surface area (Å²) in [5, 5.41) is 8.76. The predicted molar refractivity (Wildman–Crippen MR) is 379 cm³/mol. The highest BCUT2D eigenvalue weighted by Gasteiger charge is 2.25. The van der Waals surface area contributed by atoms with E-state index in [2.05, 4.69) is 103 Å². The number of hydrazone groups is 1. The van der Waals surface area contributed by atoms with Crippen LogP contribution in [0.4, 0.5) is 0 Å². The van der Waals surface area contributed by atoms with Gasteiger partial charge in [0.1, 0.15) is 19.8 Å². The fourth-order valence-corrected chi connectivity index (χ4v) is 10.1. The maximum Gasteiger partial charge on any atom is 0.271 e. The van der Waals surface area contributed by atoms with Gasteiger partial charge >= 0.3 is 0 Å². The highest BCUT2D eigenvalue weighted by Crippen LogP contribution is 2.46. The topological polar surface area (TPSA) is 152 Å². The van der Waals surface area contributed by atoms with Gasteiger partial charge in [-0.2, -0.15) is 5.10 Å². The van der Waals surface area contributed by atoms with Crippen molar-refractivity contribution in [1.82, 2.24) is 5.43 Å². The molecule has 0 fully saturated rings. The number of benzene rings is 7. The number of ether oxygens (including phenoxy) is 12. The molecule has 0 aliphatic heterocycles. The highest BCUT2D eigenvalue weighted by molar-refractivity contribution is 6.13. The molecule has 0 aliphatic carbocycles. The molecule has 0 atom stereocenters. The highest BCUT2D eigenvalue weighted by atomic mass is 16.6. The van der Waals surface area contributed by atoms with Crippen molar-refractivity contribution in [2.75, 3.05) is 59.5 Å². The fraction of sp³-hybridized carbons (Fsp3) is 0.494. The molecule has 7 aromatic rings. The summed E-state index contributed by atoms with van der Waals surface area (Å²) in [5.41, 5.74) is 6.16. The Balaban J connectivity index is 1.41. The van der Waals surface area contributed by atoms with E-state index in [4.69, 9.17) is 56.8 Å². The Bertz CT molecular complexity index is 3160. The summed E-state index contributed by atoms with van der Waals surface area (Å²) in [6, 6.07) is 33.5. The number of carbonyl (C=O) groups excluding carboxylic acids is 1. The number of fused-ring (bicyclic) bond motifs is 2. The lowest BCUT2D eigenvalue weighted by Crippen LogP contribution is -2.18. The minimum Gasteiger partial charge on any atom is -0.490 e. The third-order valence-electron chi connectivity index (χ3n) is 15.6. The normalized spacial score (nSPS) is 11.2. The molecule has 1 amide bonds. The Morgan fingerprint density at radius 3 is 0.904 bits per heavy atom. The van der Waals surface area contributed by atoms with Crippen molar-refractivity contribution in [2.45, 2.75) is 198 Å². The fourth-order valence-electron chi connectivity index (χ4n) is 10.1. The predicted octanol–water partition coefficient (Wildman–Crippen LogP) is 20.1. The van der Waals surface area contributed by atoms with Gasteiger partial charge in [0.2, 0.25) is 23.0 Å². The van der Waals surface area contributed by atoms with Gasteiger partial charge in [-0.15, -0.1) is 0 Å². The van der Waals surface area contributed by atoms with Gasteiger partial charge in [-0.1, -0.05) is 169 Å². The van der Waals surface area contributed by atoms with Crippen molar-refractivity contribution >= 4 is 33.7 Å². The molecule has 0 aromatic heterocycles. The minimum atomic E-state index is -0.512. The Labute approximate surface area is 560 Å². The molecule has 0 saturated heterocycles. The molecule has 510 valence electrons. The Hall–Kier alpha value is -8.20. The van der Waals surface area contributed by atoms with Crippen molar-refractivity contribution in [1.29, 1.82) is 0 Å². The quantitative estimate of drug-likeness (QED) is 0.0167. The van der Waals surface area contributed by atoms with Gasteiger partial charge in [0.25, 0.3) is 5.91 Å². The number of carbonyl (C=O) groups is 1. The van der Waals surface area contributed by atoms with Crippen molar-refractivity contribution in [3.8, 4) is 69.0 Å². The molecule has 7 aromatic carbocycles. The monoisotopic (exact) mass is 1290 g/mol. The lowest BCUT2D eigenvalue weighted by atomic mass is 9.97. The van der Waals surface area contributed by atoms with Crippen molar-refractivity contribution in [2.24, 2.45) is 5.10 Å². The zero-order chi connectivity index (χ0) is 66.5. The number of nitrogens with zero attached hydrogens (tertiary/aromatic N) is 1. The second kappa shape index (κ2) is 41.5. The van der Waals surface area contributed by atoms with Gasteiger partial charge in [0, 0.05) is 11.1 Å². The van der Waals surface area contributed by atoms with Gasteiger partial charge in [-0.3, -0.25) is 4.79 Å². The Morgan fingerprint density at radius 1 is 0.330 bits per heavy atom. The van der Waals surface area contributed by atoms with E-state index >= 15 is 0 Å². The van der Waals surface area contributed by atoms with Crippen LogP contribution in [0.3, 0.4) is 0 Å². The second-order valence-corrected chi connectivity index (χ2v) is 23.7. The van der Waals surface area contributed by atoms with E-state index in [9.17, 15) is 4.79 Å². The maximum absolute atomic E-state index is 15.0. The van der Waals surface area contributed by atoms with E-state index in [1.54, 1.807) is 18.3 Å². The number of rotatable bonds is 48. The largest absolute Gasteiger partial charge is 0.490 e. The third kappa shape index (κ3) is 22.5. The number of amides is 1. The number of nitrogens with one attached hydrogen (secondary N) is 1. The lowest BCUT2D eigenvalue weighted by molar-refractivity contribution is 0.0953. The number of hydrogen-bond donors (Lipinski definition) is 1. The molecule has 1 N–H and O–H groups in total. The molecular formula is C79H106N2O13. The van der Waals surface area contributed by atoms with E-state index in [1.165, 1.54) is 0 Å². The molecule has 7 rings (SSSR count). The van der Waals surface area contributed by atoms with Crippen LogP contribution in [0.1, 0.15) is 211 Å². The van der Waals surface area contributed by atoms with Crippen LogP contribution in [0.2, 0.25) is 0 Å². The summed E-state index contributed by atoms with van der Waals surface area (Å²) in [4.78, 5) is 15.0. The lowest BCUT2D eigenvalue weighted by Gasteiger charge is -2.22. The Kier molecular flexibility index (Phi) is 32.3. The summed E-state index contributed by atoms with van der Waals surface area (Å²) in [7, 11) is 0. The summed E-state index contributed by atoms with van der Waals surface area (Å²) < 4.78 is 79.7. The average Bonchev–Trinajstić information content (AvgIpc) is 0.796. The molecule has 0 bridgehead atoms. The zero-order valence-corrected chi connectivity index (χ0v) is 57.9. The second-order valence-electron chi connectivity index (χ2n) is 23.7. The van der Waals surface area contributed by atoms with Crippen LogP contribution in [-0.2, 0) is 19.8 Å².